The van der Waals surface area contributed by atoms with E-state index in [0.717, 1.165) is 5.56 Å². The maximum absolute atomic E-state index is 12.8. The lowest BCUT2D eigenvalue weighted by Crippen LogP contribution is -2.24. The third kappa shape index (κ3) is 2.31. The number of ether oxygens (including phenoxy) is 1. The van der Waals surface area contributed by atoms with Crippen LogP contribution in [0.4, 0.5) is 4.39 Å². The summed E-state index contributed by atoms with van der Waals surface area (Å²) in [5.41, 5.74) is 0.784. The number of methoxy groups -OCH3 is 1. The van der Waals surface area contributed by atoms with Gasteiger partial charge < -0.3 is 9.84 Å². The number of halogens is 1. The van der Waals surface area contributed by atoms with Gasteiger partial charge in [-0.3, -0.25) is 4.79 Å². The van der Waals surface area contributed by atoms with Crippen molar-refractivity contribution in [3.05, 3.63) is 35.6 Å². The second kappa shape index (κ2) is 4.84. The summed E-state index contributed by atoms with van der Waals surface area (Å²) in [4.78, 5) is 11.6. The Labute approximate surface area is 99.2 Å². The Kier molecular flexibility index (Phi) is 3.43. The van der Waals surface area contributed by atoms with Gasteiger partial charge in [0, 0.05) is 5.92 Å². The lowest BCUT2D eigenvalue weighted by atomic mass is 9.87. The van der Waals surface area contributed by atoms with Crippen molar-refractivity contribution in [3.63, 3.8) is 0 Å². The molecule has 1 N–H and O–H groups in total. The predicted molar refractivity (Wildman–Crippen MR) is 59.9 cm³/mol. The number of aliphatic hydroxyl groups excluding tert-OH is 1. The average molecular weight is 238 g/mol. The monoisotopic (exact) mass is 238 g/mol. The van der Waals surface area contributed by atoms with Crippen LogP contribution in [0.1, 0.15) is 24.3 Å². The molecule has 0 radical (unpaired) electrons. The van der Waals surface area contributed by atoms with Crippen molar-refractivity contribution in [2.45, 2.75) is 24.9 Å². The number of hydrogen-bond donors (Lipinski definition) is 1. The molecule has 1 aliphatic rings. The quantitative estimate of drug-likeness (QED) is 0.800. The molecule has 0 unspecified atom stereocenters. The molecule has 1 aliphatic carbocycles. The van der Waals surface area contributed by atoms with Gasteiger partial charge in [-0.1, -0.05) is 12.1 Å². The molecule has 0 amide bonds. The summed E-state index contributed by atoms with van der Waals surface area (Å²) in [6.07, 6.45) is 0.613. The first kappa shape index (κ1) is 12.0. The van der Waals surface area contributed by atoms with Gasteiger partial charge in [-0.2, -0.15) is 0 Å². The van der Waals surface area contributed by atoms with Crippen LogP contribution in [0.2, 0.25) is 0 Å². The Bertz CT molecular complexity index is 402. The fraction of sp³-hybridized carbons (Fsp3) is 0.462. The summed E-state index contributed by atoms with van der Waals surface area (Å²) in [6, 6.07) is 5.92. The Morgan fingerprint density at radius 2 is 2.00 bits per heavy atom. The van der Waals surface area contributed by atoms with Gasteiger partial charge in [-0.25, -0.2) is 4.39 Å². The van der Waals surface area contributed by atoms with E-state index in [2.05, 4.69) is 0 Å². The molecule has 0 bridgehead atoms. The van der Waals surface area contributed by atoms with Gasteiger partial charge in [-0.15, -0.1) is 0 Å². The van der Waals surface area contributed by atoms with E-state index in [1.807, 2.05) is 0 Å². The molecule has 1 saturated carbocycles. The predicted octanol–water partition coefficient (Wildman–Crippen LogP) is 1.85. The minimum absolute atomic E-state index is 0.289. The highest BCUT2D eigenvalue weighted by molar-refractivity contribution is 5.74. The highest BCUT2D eigenvalue weighted by atomic mass is 19.1. The van der Waals surface area contributed by atoms with E-state index >= 15 is 0 Å². The van der Waals surface area contributed by atoms with Gasteiger partial charge in [0.2, 0.25) is 0 Å². The fourth-order valence-corrected chi connectivity index (χ4v) is 2.53. The van der Waals surface area contributed by atoms with Gasteiger partial charge in [-0.05, 0) is 30.5 Å². The van der Waals surface area contributed by atoms with E-state index in [1.54, 1.807) is 12.1 Å². The topological polar surface area (TPSA) is 46.5 Å². The third-order valence-electron chi connectivity index (χ3n) is 3.38. The van der Waals surface area contributed by atoms with Crippen LogP contribution in [0.5, 0.6) is 0 Å². The van der Waals surface area contributed by atoms with Crippen molar-refractivity contribution in [1.82, 2.24) is 0 Å². The van der Waals surface area contributed by atoms with Gasteiger partial charge in [0.15, 0.2) is 0 Å². The van der Waals surface area contributed by atoms with Crippen molar-refractivity contribution >= 4 is 5.97 Å². The van der Waals surface area contributed by atoms with E-state index in [9.17, 15) is 14.3 Å². The normalized spacial score (nSPS) is 28.1. The molecule has 3 nitrogen and oxygen atoms in total. The zero-order chi connectivity index (χ0) is 12.4. The Balaban J connectivity index is 2.27. The maximum atomic E-state index is 12.8. The van der Waals surface area contributed by atoms with Crippen LogP contribution in [-0.2, 0) is 9.53 Å². The SMILES string of the molecule is COC(=O)[C@H]1CC[C@H](O)[C@@H]1c1ccc(F)cc1. The second-order valence-electron chi connectivity index (χ2n) is 4.35. The number of carbonyl (C=O) groups excluding carboxylic acids is 1. The zero-order valence-corrected chi connectivity index (χ0v) is 9.60. The number of benzene rings is 1. The van der Waals surface area contributed by atoms with Crippen LogP contribution >= 0.6 is 0 Å². The molecule has 4 heteroatoms. The number of carbonyl (C=O) groups is 1. The second-order valence-corrected chi connectivity index (χ2v) is 4.35. The molecule has 0 heterocycles. The number of aliphatic hydroxyl groups is 1. The minimum atomic E-state index is -0.565. The van der Waals surface area contributed by atoms with Gasteiger partial charge >= 0.3 is 5.97 Å². The molecule has 0 saturated heterocycles. The van der Waals surface area contributed by atoms with Gasteiger partial charge in [0.05, 0.1) is 19.1 Å². The summed E-state index contributed by atoms with van der Waals surface area (Å²) in [5.74, 6) is -1.25. The Morgan fingerprint density at radius 3 is 2.59 bits per heavy atom. The maximum Gasteiger partial charge on any atom is 0.309 e. The van der Waals surface area contributed by atoms with E-state index in [-0.39, 0.29) is 23.6 Å². The molecule has 0 aromatic heterocycles. The third-order valence-corrected chi connectivity index (χ3v) is 3.38. The van der Waals surface area contributed by atoms with Crippen LogP contribution in [0.15, 0.2) is 24.3 Å². The molecule has 0 aliphatic heterocycles. The number of hydrogen-bond acceptors (Lipinski definition) is 3. The molecule has 92 valence electrons. The van der Waals surface area contributed by atoms with Crippen molar-refractivity contribution < 1.29 is 19.0 Å². The van der Waals surface area contributed by atoms with Crippen LogP contribution in [0, 0.1) is 11.7 Å². The van der Waals surface area contributed by atoms with Crippen LogP contribution < -0.4 is 0 Å². The first-order valence-electron chi connectivity index (χ1n) is 5.65. The summed E-state index contributed by atoms with van der Waals surface area (Å²) in [6.45, 7) is 0. The minimum Gasteiger partial charge on any atom is -0.469 e. The summed E-state index contributed by atoms with van der Waals surface area (Å²) < 4.78 is 17.6. The molecule has 1 aromatic carbocycles. The summed E-state index contributed by atoms with van der Waals surface area (Å²) in [5, 5.41) is 9.92. The first-order chi connectivity index (χ1) is 8.13. The van der Waals surface area contributed by atoms with Crippen molar-refractivity contribution in [2.24, 2.45) is 5.92 Å². The Morgan fingerprint density at radius 1 is 1.35 bits per heavy atom. The molecule has 2 rings (SSSR count). The Hall–Kier alpha value is -1.42. The van der Waals surface area contributed by atoms with Crippen molar-refractivity contribution in [2.75, 3.05) is 7.11 Å². The van der Waals surface area contributed by atoms with Gasteiger partial charge in [0.1, 0.15) is 5.82 Å². The van der Waals surface area contributed by atoms with E-state index in [4.69, 9.17) is 4.74 Å². The average Bonchev–Trinajstić information content (AvgIpc) is 2.71. The van der Waals surface area contributed by atoms with E-state index in [1.165, 1.54) is 19.2 Å². The first-order valence-corrected chi connectivity index (χ1v) is 5.65. The van der Waals surface area contributed by atoms with Crippen LogP contribution in [0.3, 0.4) is 0 Å². The fourth-order valence-electron chi connectivity index (χ4n) is 2.53. The standard InChI is InChI=1S/C13H15FO3/c1-17-13(16)10-6-7-11(15)12(10)8-2-4-9(14)5-3-8/h2-5,10-12,15H,6-7H2,1H3/t10-,11-,12+/m0/s1. The summed E-state index contributed by atoms with van der Waals surface area (Å²) >= 11 is 0. The van der Waals surface area contributed by atoms with Crippen molar-refractivity contribution in [1.29, 1.82) is 0 Å². The lowest BCUT2D eigenvalue weighted by Gasteiger charge is -2.20. The van der Waals surface area contributed by atoms with Crippen LogP contribution in [-0.4, -0.2) is 24.3 Å². The highest BCUT2D eigenvalue weighted by Gasteiger charge is 2.40. The van der Waals surface area contributed by atoms with E-state index in [0.29, 0.717) is 12.8 Å². The largest absolute Gasteiger partial charge is 0.469 e. The molecule has 1 fully saturated rings. The molecule has 17 heavy (non-hydrogen) atoms. The molecule has 1 aromatic rings. The zero-order valence-electron chi connectivity index (χ0n) is 9.60. The smallest absolute Gasteiger partial charge is 0.309 e. The summed E-state index contributed by atoms with van der Waals surface area (Å²) in [7, 11) is 1.34. The van der Waals surface area contributed by atoms with Crippen LogP contribution in [0.25, 0.3) is 0 Å². The number of rotatable bonds is 2. The number of esters is 1. The highest BCUT2D eigenvalue weighted by Crippen LogP contribution is 2.40. The van der Waals surface area contributed by atoms with E-state index < -0.39 is 6.10 Å². The molecular weight excluding hydrogens is 223 g/mol. The molecule has 0 spiro atoms. The molecular formula is C13H15FO3. The lowest BCUT2D eigenvalue weighted by molar-refractivity contribution is -0.146. The van der Waals surface area contributed by atoms with Crippen molar-refractivity contribution in [3.8, 4) is 0 Å². The van der Waals surface area contributed by atoms with Gasteiger partial charge in [0.25, 0.3) is 0 Å². The molecule has 3 atom stereocenters.